The first-order valence-corrected chi connectivity index (χ1v) is 6.67. The molecule has 2 aromatic heterocycles. The summed E-state index contributed by atoms with van der Waals surface area (Å²) in [4.78, 5) is 0.833. The van der Waals surface area contributed by atoms with E-state index in [1.807, 2.05) is 34.7 Å². The van der Waals surface area contributed by atoms with Crippen LogP contribution in [0.3, 0.4) is 0 Å². The largest absolute Gasteiger partial charge is 0.507 e. The number of aromatic nitrogens is 3. The third kappa shape index (κ3) is 1.45. The van der Waals surface area contributed by atoms with Crippen molar-refractivity contribution < 1.29 is 5.11 Å². The lowest BCUT2D eigenvalue weighted by molar-refractivity contribution is 0.477. The number of nitrogens with zero attached hydrogens (tertiary/aromatic N) is 3. The Bertz CT molecular complexity index is 894. The third-order valence-corrected chi connectivity index (χ3v) is 4.10. The first-order valence-electron chi connectivity index (χ1n) is 5.85. The highest BCUT2D eigenvalue weighted by molar-refractivity contribution is 7.23. The minimum Gasteiger partial charge on any atom is -0.507 e. The topological polar surface area (TPSA) is 50.4 Å². The molecule has 0 saturated carbocycles. The fraction of sp³-hybridized carbons (Fsp3) is 0. The van der Waals surface area contributed by atoms with Crippen molar-refractivity contribution >= 4 is 26.5 Å². The van der Waals surface area contributed by atoms with Gasteiger partial charge in [0, 0.05) is 0 Å². The van der Waals surface area contributed by atoms with Crippen molar-refractivity contribution in [2.24, 2.45) is 0 Å². The van der Waals surface area contributed by atoms with Gasteiger partial charge >= 0.3 is 0 Å². The summed E-state index contributed by atoms with van der Waals surface area (Å²) in [5.74, 6) is 0.887. The highest BCUT2D eigenvalue weighted by Gasteiger charge is 2.15. The second kappa shape index (κ2) is 3.80. The van der Waals surface area contributed by atoms with Crippen LogP contribution in [0, 0.1) is 0 Å². The van der Waals surface area contributed by atoms with Gasteiger partial charge in [-0.15, -0.1) is 10.2 Å². The number of benzene rings is 2. The summed E-state index contributed by atoms with van der Waals surface area (Å²) < 4.78 is 3.14. The van der Waals surface area contributed by atoms with Gasteiger partial charge in [0.1, 0.15) is 5.75 Å². The van der Waals surface area contributed by atoms with Gasteiger partial charge in [0.05, 0.1) is 15.8 Å². The zero-order valence-electron chi connectivity index (χ0n) is 9.82. The Morgan fingerprint density at radius 3 is 2.63 bits per heavy atom. The van der Waals surface area contributed by atoms with Crippen molar-refractivity contribution in [1.29, 1.82) is 0 Å². The number of phenolic OH excluding ortho intramolecular Hbond substituents is 1. The number of phenols is 1. The molecular weight excluding hydrogens is 258 g/mol. The smallest absolute Gasteiger partial charge is 0.217 e. The maximum absolute atomic E-state index is 9.97. The van der Waals surface area contributed by atoms with E-state index in [4.69, 9.17) is 0 Å². The molecule has 0 radical (unpaired) electrons. The van der Waals surface area contributed by atoms with Gasteiger partial charge < -0.3 is 5.11 Å². The van der Waals surface area contributed by atoms with E-state index < -0.39 is 0 Å². The molecule has 0 aliphatic carbocycles. The lowest BCUT2D eigenvalue weighted by Gasteiger charge is -2.01. The maximum atomic E-state index is 9.97. The van der Waals surface area contributed by atoms with Crippen LogP contribution in [0.1, 0.15) is 0 Å². The molecule has 4 rings (SSSR count). The van der Waals surface area contributed by atoms with Crippen LogP contribution in [0.2, 0.25) is 0 Å². The normalized spacial score (nSPS) is 11.4. The molecule has 2 heterocycles. The fourth-order valence-electron chi connectivity index (χ4n) is 2.22. The molecule has 0 amide bonds. The van der Waals surface area contributed by atoms with E-state index in [-0.39, 0.29) is 5.75 Å². The Kier molecular flexibility index (Phi) is 2.10. The molecule has 92 valence electrons. The molecule has 0 fully saturated rings. The zero-order valence-corrected chi connectivity index (χ0v) is 10.6. The first-order chi connectivity index (χ1) is 9.34. The van der Waals surface area contributed by atoms with E-state index in [0.29, 0.717) is 11.4 Å². The third-order valence-electron chi connectivity index (χ3n) is 3.09. The van der Waals surface area contributed by atoms with Gasteiger partial charge in [0.15, 0.2) is 5.82 Å². The van der Waals surface area contributed by atoms with Crippen LogP contribution in [-0.2, 0) is 0 Å². The molecule has 0 aliphatic heterocycles. The van der Waals surface area contributed by atoms with Gasteiger partial charge in [-0.2, -0.15) is 0 Å². The molecule has 0 aliphatic rings. The summed E-state index contributed by atoms with van der Waals surface area (Å²) in [5, 5.41) is 18.4. The second-order valence-electron chi connectivity index (χ2n) is 4.23. The molecule has 2 aromatic carbocycles. The van der Waals surface area contributed by atoms with Crippen LogP contribution >= 0.6 is 11.3 Å². The Morgan fingerprint density at radius 1 is 0.947 bits per heavy atom. The lowest BCUT2D eigenvalue weighted by atomic mass is 10.2. The number of aromatic hydroxyl groups is 1. The van der Waals surface area contributed by atoms with E-state index in [1.165, 1.54) is 0 Å². The summed E-state index contributed by atoms with van der Waals surface area (Å²) in [7, 11) is 0. The highest BCUT2D eigenvalue weighted by atomic mass is 32.1. The first kappa shape index (κ1) is 10.5. The second-order valence-corrected chi connectivity index (χ2v) is 5.24. The predicted octanol–water partition coefficient (Wildman–Crippen LogP) is 3.32. The summed E-state index contributed by atoms with van der Waals surface area (Å²) in [6.07, 6.45) is 0. The van der Waals surface area contributed by atoms with Crippen LogP contribution in [-0.4, -0.2) is 19.7 Å². The molecule has 0 bridgehead atoms. The van der Waals surface area contributed by atoms with E-state index in [9.17, 15) is 5.11 Å². The summed E-state index contributed by atoms with van der Waals surface area (Å²) in [6, 6.07) is 15.3. The molecular formula is C14H9N3OS. The van der Waals surface area contributed by atoms with Crippen LogP contribution in [0.15, 0.2) is 48.5 Å². The summed E-state index contributed by atoms with van der Waals surface area (Å²) >= 11 is 1.59. The number of para-hydroxylation sites is 2. The van der Waals surface area contributed by atoms with E-state index >= 15 is 0 Å². The van der Waals surface area contributed by atoms with Crippen molar-refractivity contribution in [2.45, 2.75) is 0 Å². The van der Waals surface area contributed by atoms with Crippen molar-refractivity contribution in [1.82, 2.24) is 14.6 Å². The summed E-state index contributed by atoms with van der Waals surface area (Å²) in [6.45, 7) is 0. The fourth-order valence-corrected chi connectivity index (χ4v) is 3.18. The van der Waals surface area contributed by atoms with Gasteiger partial charge in [0.2, 0.25) is 4.96 Å². The van der Waals surface area contributed by atoms with Gasteiger partial charge in [-0.05, 0) is 24.3 Å². The molecule has 0 atom stereocenters. The SMILES string of the molecule is Oc1ccccc1-c1nnc2sc3ccccc3n12. The highest BCUT2D eigenvalue weighted by Crippen LogP contribution is 2.33. The number of hydrogen-bond donors (Lipinski definition) is 1. The van der Waals surface area contributed by atoms with Crippen molar-refractivity contribution in [3.05, 3.63) is 48.5 Å². The molecule has 5 heteroatoms. The maximum Gasteiger partial charge on any atom is 0.217 e. The Labute approximate surface area is 112 Å². The zero-order chi connectivity index (χ0) is 12.8. The van der Waals surface area contributed by atoms with Crippen LogP contribution < -0.4 is 0 Å². The number of rotatable bonds is 1. The molecule has 1 N–H and O–H groups in total. The minimum absolute atomic E-state index is 0.215. The predicted molar refractivity (Wildman–Crippen MR) is 75.5 cm³/mol. The Hall–Kier alpha value is -2.40. The van der Waals surface area contributed by atoms with Crippen molar-refractivity contribution in [3.63, 3.8) is 0 Å². The van der Waals surface area contributed by atoms with Gasteiger partial charge in [0.25, 0.3) is 0 Å². The molecule has 4 nitrogen and oxygen atoms in total. The quantitative estimate of drug-likeness (QED) is 0.575. The van der Waals surface area contributed by atoms with Crippen LogP contribution in [0.5, 0.6) is 5.75 Å². The van der Waals surface area contributed by atoms with Crippen molar-refractivity contribution in [3.8, 4) is 17.1 Å². The van der Waals surface area contributed by atoms with Gasteiger partial charge in [-0.25, -0.2) is 0 Å². The van der Waals surface area contributed by atoms with Crippen LogP contribution in [0.4, 0.5) is 0 Å². The average Bonchev–Trinajstić information content (AvgIpc) is 2.98. The van der Waals surface area contributed by atoms with Crippen molar-refractivity contribution in [2.75, 3.05) is 0 Å². The van der Waals surface area contributed by atoms with E-state index in [1.54, 1.807) is 23.5 Å². The Balaban J connectivity index is 2.13. The summed E-state index contributed by atoms with van der Waals surface area (Å²) in [5.41, 5.74) is 1.75. The molecule has 0 spiro atoms. The van der Waals surface area contributed by atoms with Crippen LogP contribution in [0.25, 0.3) is 26.6 Å². The Morgan fingerprint density at radius 2 is 1.74 bits per heavy atom. The van der Waals surface area contributed by atoms with Gasteiger partial charge in [-0.1, -0.05) is 35.6 Å². The minimum atomic E-state index is 0.215. The average molecular weight is 267 g/mol. The molecule has 0 saturated heterocycles. The molecule has 19 heavy (non-hydrogen) atoms. The number of fused-ring (bicyclic) bond motifs is 3. The number of thiazole rings is 1. The van der Waals surface area contributed by atoms with E-state index in [0.717, 1.165) is 15.2 Å². The standard InChI is InChI=1S/C14H9N3OS/c18-11-7-3-1-5-9(11)13-15-16-14-17(13)10-6-2-4-8-12(10)19-14/h1-8,18H. The van der Waals surface area contributed by atoms with E-state index in [2.05, 4.69) is 16.3 Å². The van der Waals surface area contributed by atoms with Gasteiger partial charge in [-0.3, -0.25) is 4.40 Å². The monoisotopic (exact) mass is 267 g/mol. The molecule has 4 aromatic rings. The molecule has 0 unspecified atom stereocenters. The lowest BCUT2D eigenvalue weighted by Crippen LogP contribution is -1.88. The number of hydrogen-bond acceptors (Lipinski definition) is 4.